The van der Waals surface area contributed by atoms with Crippen LogP contribution in [0.15, 0.2) is 37.0 Å². The third-order valence-corrected chi connectivity index (χ3v) is 11.9. The lowest BCUT2D eigenvalue weighted by Crippen LogP contribution is -2.52. The highest BCUT2D eigenvalue weighted by molar-refractivity contribution is 5.87. The monoisotopic (exact) mass is 640 g/mol. The molecule has 6 rings (SSSR count). The van der Waals surface area contributed by atoms with Gasteiger partial charge in [0.05, 0.1) is 30.5 Å². The minimum atomic E-state index is -0.747. The number of hydrogen-bond acceptors (Lipinski definition) is 9. The smallest absolute Gasteiger partial charge is 0.333 e. The van der Waals surface area contributed by atoms with Gasteiger partial charge >= 0.3 is 17.9 Å². The van der Waals surface area contributed by atoms with E-state index in [9.17, 15) is 14.4 Å². The van der Waals surface area contributed by atoms with Gasteiger partial charge in [-0.25, -0.2) is 14.4 Å². The summed E-state index contributed by atoms with van der Waals surface area (Å²) in [5.74, 6) is -0.708. The molecule has 0 aromatic heterocycles. The molecule has 6 aliphatic rings. The Morgan fingerprint density at radius 2 is 1.17 bits per heavy atom. The van der Waals surface area contributed by atoms with Crippen LogP contribution in [0.4, 0.5) is 0 Å². The van der Waals surface area contributed by atoms with Crippen molar-refractivity contribution in [1.82, 2.24) is 0 Å². The Kier molecular flexibility index (Phi) is 9.58. The second-order valence-electron chi connectivity index (χ2n) is 15.0. The molecule has 3 aliphatic carbocycles. The van der Waals surface area contributed by atoms with E-state index in [1.807, 2.05) is 0 Å². The van der Waals surface area contributed by atoms with E-state index < -0.39 is 22.8 Å². The molecular weight excluding hydrogens is 588 g/mol. The van der Waals surface area contributed by atoms with Crippen LogP contribution < -0.4 is 0 Å². The Bertz CT molecular complexity index is 1230. The van der Waals surface area contributed by atoms with Gasteiger partial charge in [0, 0.05) is 23.8 Å². The molecule has 3 saturated carbocycles. The van der Waals surface area contributed by atoms with Gasteiger partial charge < -0.3 is 28.4 Å². The van der Waals surface area contributed by atoms with Crippen LogP contribution in [0, 0.1) is 11.8 Å². The minimum absolute atomic E-state index is 0.0104. The van der Waals surface area contributed by atoms with Crippen LogP contribution in [0.5, 0.6) is 0 Å². The molecule has 0 radical (unpaired) electrons. The van der Waals surface area contributed by atoms with Crippen LogP contribution in [0.1, 0.15) is 110 Å². The normalized spacial score (nSPS) is 39.8. The lowest BCUT2D eigenvalue weighted by Gasteiger charge is -2.45. The molecule has 9 atom stereocenters. The molecule has 9 heteroatoms. The highest BCUT2D eigenvalue weighted by Crippen LogP contribution is 2.53. The summed E-state index contributed by atoms with van der Waals surface area (Å²) in [6.07, 6.45) is 13.2. The molecule has 0 spiro atoms. The van der Waals surface area contributed by atoms with E-state index in [0.29, 0.717) is 37.0 Å². The summed E-state index contributed by atoms with van der Waals surface area (Å²) >= 11 is 0. The van der Waals surface area contributed by atoms with E-state index in [2.05, 4.69) is 19.7 Å². The minimum Gasteiger partial charge on any atom is -0.453 e. The molecule has 254 valence electrons. The van der Waals surface area contributed by atoms with Crippen LogP contribution in [0.3, 0.4) is 0 Å². The van der Waals surface area contributed by atoms with Crippen molar-refractivity contribution in [3.8, 4) is 0 Å². The maximum atomic E-state index is 12.7. The third-order valence-electron chi connectivity index (χ3n) is 11.9. The molecule has 46 heavy (non-hydrogen) atoms. The van der Waals surface area contributed by atoms with Crippen molar-refractivity contribution in [2.75, 3.05) is 6.61 Å². The number of carbonyl (C=O) groups excluding carboxylic acids is 3. The van der Waals surface area contributed by atoms with Crippen molar-refractivity contribution in [1.29, 1.82) is 0 Å². The van der Waals surface area contributed by atoms with Crippen LogP contribution in [0.2, 0.25) is 0 Å². The zero-order valence-corrected chi connectivity index (χ0v) is 27.7. The lowest BCUT2D eigenvalue weighted by molar-refractivity contribution is -0.194. The first-order chi connectivity index (χ1) is 22.0. The van der Waals surface area contributed by atoms with Gasteiger partial charge in [-0.05, 0) is 122 Å². The molecule has 9 nitrogen and oxygen atoms in total. The summed E-state index contributed by atoms with van der Waals surface area (Å²) < 4.78 is 37.9. The van der Waals surface area contributed by atoms with Crippen molar-refractivity contribution in [2.45, 2.75) is 157 Å². The van der Waals surface area contributed by atoms with Crippen LogP contribution in [-0.4, -0.2) is 71.8 Å². The van der Waals surface area contributed by atoms with Crippen molar-refractivity contribution in [3.05, 3.63) is 37.0 Å². The van der Waals surface area contributed by atoms with E-state index in [1.54, 1.807) is 13.8 Å². The molecule has 0 N–H and O–H groups in total. The second kappa shape index (κ2) is 13.2. The number of carbonyl (C=O) groups is 3. The lowest BCUT2D eigenvalue weighted by atomic mass is 9.75. The number of ether oxygens (including phenoxy) is 6. The maximum absolute atomic E-state index is 12.7. The summed E-state index contributed by atoms with van der Waals surface area (Å²) in [6.45, 7) is 15.3. The van der Waals surface area contributed by atoms with Gasteiger partial charge in [0.15, 0.2) is 0 Å². The zero-order chi connectivity index (χ0) is 32.7. The fourth-order valence-corrected chi connectivity index (χ4v) is 9.28. The summed E-state index contributed by atoms with van der Waals surface area (Å²) in [4.78, 5) is 37.8. The van der Waals surface area contributed by atoms with E-state index in [0.717, 1.165) is 77.0 Å². The predicted molar refractivity (Wildman–Crippen MR) is 170 cm³/mol. The van der Waals surface area contributed by atoms with Crippen LogP contribution >= 0.6 is 0 Å². The molecular formula is C37H52O9. The average Bonchev–Trinajstić information content (AvgIpc) is 3.83. The van der Waals surface area contributed by atoms with Crippen molar-refractivity contribution in [3.63, 3.8) is 0 Å². The molecule has 0 amide bonds. The summed E-state index contributed by atoms with van der Waals surface area (Å²) in [7, 11) is 0. The Morgan fingerprint density at radius 3 is 1.63 bits per heavy atom. The van der Waals surface area contributed by atoms with E-state index in [-0.39, 0.29) is 54.3 Å². The zero-order valence-electron chi connectivity index (χ0n) is 27.7. The average molecular weight is 641 g/mol. The highest BCUT2D eigenvalue weighted by Gasteiger charge is 2.58. The quantitative estimate of drug-likeness (QED) is 0.148. The van der Waals surface area contributed by atoms with Crippen LogP contribution in [-0.2, 0) is 42.8 Å². The van der Waals surface area contributed by atoms with Gasteiger partial charge in [-0.1, -0.05) is 19.7 Å². The van der Waals surface area contributed by atoms with E-state index in [1.165, 1.54) is 6.08 Å². The van der Waals surface area contributed by atoms with E-state index in [4.69, 9.17) is 28.4 Å². The first-order valence-electron chi connectivity index (χ1n) is 17.5. The standard InChI is InChI=1S/C37H52O9/c1-6-32(38)44-37(19-15-26(22-37)27-10-12-30(42-27)35(16-8-17-35)45-33(39)23(2)3)31-13-11-28(43-31)25-14-18-36(21-25,29-9-7-20-41-29)46-34(40)24(4)5/h6,25-31H,1-2,4,7-22H2,3,5H3. The van der Waals surface area contributed by atoms with Gasteiger partial charge in [-0.2, -0.15) is 0 Å². The van der Waals surface area contributed by atoms with Crippen molar-refractivity contribution in [2.24, 2.45) is 11.8 Å². The van der Waals surface area contributed by atoms with Gasteiger partial charge in [0.25, 0.3) is 0 Å². The number of hydrogen-bond donors (Lipinski definition) is 0. The van der Waals surface area contributed by atoms with Crippen molar-refractivity contribution >= 4 is 17.9 Å². The SMILES string of the molecule is C=CC(=O)OC1(C2CCC(C3CCC(OC(=O)C(=C)C)(C4CCCO4)C3)O2)CCC(C2CCC(C3(OC(=O)C(=C)C)CCC3)O2)C1. The van der Waals surface area contributed by atoms with Gasteiger partial charge in [-0.15, -0.1) is 0 Å². The van der Waals surface area contributed by atoms with Gasteiger partial charge in [0.2, 0.25) is 0 Å². The Labute approximate surface area is 273 Å². The highest BCUT2D eigenvalue weighted by atomic mass is 16.6. The second-order valence-corrected chi connectivity index (χ2v) is 15.0. The van der Waals surface area contributed by atoms with Gasteiger partial charge in [-0.3, -0.25) is 0 Å². The molecule has 0 bridgehead atoms. The molecule has 3 saturated heterocycles. The maximum Gasteiger partial charge on any atom is 0.333 e. The molecule has 3 heterocycles. The molecule has 6 fully saturated rings. The van der Waals surface area contributed by atoms with Crippen LogP contribution in [0.25, 0.3) is 0 Å². The van der Waals surface area contributed by atoms with Crippen molar-refractivity contribution < 1.29 is 42.8 Å². The fraction of sp³-hybridized carbons (Fsp3) is 0.757. The molecule has 0 aromatic rings. The Morgan fingerprint density at radius 1 is 0.652 bits per heavy atom. The summed E-state index contributed by atoms with van der Waals surface area (Å²) in [6, 6.07) is 0. The molecule has 9 unspecified atom stereocenters. The fourth-order valence-electron chi connectivity index (χ4n) is 9.28. The third kappa shape index (κ3) is 6.36. The molecule has 0 aromatic carbocycles. The Balaban J connectivity index is 1.11. The summed E-state index contributed by atoms with van der Waals surface area (Å²) in [5.41, 5.74) is -1.16. The first-order valence-corrected chi connectivity index (χ1v) is 17.5. The number of esters is 3. The summed E-state index contributed by atoms with van der Waals surface area (Å²) in [5, 5.41) is 0. The number of rotatable bonds is 11. The first kappa shape index (κ1) is 33.4. The topological polar surface area (TPSA) is 107 Å². The predicted octanol–water partition coefficient (Wildman–Crippen LogP) is 6.23. The van der Waals surface area contributed by atoms with E-state index >= 15 is 0 Å². The molecule has 3 aliphatic heterocycles. The Hall–Kier alpha value is -2.49. The van der Waals surface area contributed by atoms with Gasteiger partial charge in [0.1, 0.15) is 16.8 Å². The largest absolute Gasteiger partial charge is 0.453 e.